The average molecular weight is 348 g/mol. The number of hydrogen-bond acceptors (Lipinski definition) is 6. The van der Waals surface area contributed by atoms with Gasteiger partial charge in [-0.2, -0.15) is 10.1 Å². The lowest BCUT2D eigenvalue weighted by Crippen LogP contribution is -2.43. The number of aromatic nitrogens is 4. The highest BCUT2D eigenvalue weighted by atomic mass is 16.5. The van der Waals surface area contributed by atoms with Crippen molar-refractivity contribution in [1.29, 1.82) is 0 Å². The Hall–Kier alpha value is -2.42. The van der Waals surface area contributed by atoms with E-state index < -0.39 is 5.54 Å². The number of hydrogen-bond donors (Lipinski definition) is 2. The van der Waals surface area contributed by atoms with Crippen LogP contribution in [0, 0.1) is 6.92 Å². The number of rotatable bonds is 4. The second-order valence-corrected chi connectivity index (χ2v) is 6.84. The van der Waals surface area contributed by atoms with Crippen molar-refractivity contribution in [1.82, 2.24) is 25.2 Å². The maximum atomic E-state index is 12.4. The van der Waals surface area contributed by atoms with Gasteiger partial charge in [0.2, 0.25) is 0 Å². The molecule has 9 nitrogen and oxygen atoms in total. The zero-order chi connectivity index (χ0) is 18.0. The van der Waals surface area contributed by atoms with E-state index in [9.17, 15) is 4.79 Å². The summed E-state index contributed by atoms with van der Waals surface area (Å²) in [5.74, 6) is 1.77. The molecular formula is C16H24N6O3. The third-order valence-corrected chi connectivity index (χ3v) is 4.21. The van der Waals surface area contributed by atoms with Gasteiger partial charge in [0.15, 0.2) is 5.82 Å². The van der Waals surface area contributed by atoms with Gasteiger partial charge in [-0.1, -0.05) is 5.16 Å². The van der Waals surface area contributed by atoms with Gasteiger partial charge in [0.25, 0.3) is 5.89 Å². The predicted molar refractivity (Wildman–Crippen MR) is 90.2 cm³/mol. The third-order valence-electron chi connectivity index (χ3n) is 4.21. The SMILES string of the molecule is Cc1noc(C(C)(C)NC(=O)Nc2cc(C3CCCOC3)nn2C)n1. The van der Waals surface area contributed by atoms with Crippen LogP contribution < -0.4 is 10.6 Å². The number of carbonyl (C=O) groups excluding carboxylic acids is 1. The summed E-state index contributed by atoms with van der Waals surface area (Å²) in [6.45, 7) is 6.81. The van der Waals surface area contributed by atoms with Crippen molar-refractivity contribution in [2.24, 2.45) is 7.05 Å². The molecule has 1 aliphatic rings. The Morgan fingerprint density at radius 1 is 1.44 bits per heavy atom. The number of urea groups is 1. The number of carbonyl (C=O) groups is 1. The van der Waals surface area contributed by atoms with Gasteiger partial charge in [-0.3, -0.25) is 10.00 Å². The molecule has 0 aliphatic carbocycles. The Labute approximate surface area is 146 Å². The van der Waals surface area contributed by atoms with E-state index >= 15 is 0 Å². The minimum atomic E-state index is -0.788. The van der Waals surface area contributed by atoms with E-state index in [1.165, 1.54) is 0 Å². The van der Waals surface area contributed by atoms with Crippen LogP contribution in [0.25, 0.3) is 0 Å². The first-order valence-electron chi connectivity index (χ1n) is 8.37. The first-order chi connectivity index (χ1) is 11.8. The summed E-state index contributed by atoms with van der Waals surface area (Å²) in [5.41, 5.74) is 0.147. The fourth-order valence-electron chi connectivity index (χ4n) is 2.82. The summed E-state index contributed by atoms with van der Waals surface area (Å²) in [7, 11) is 1.80. The molecule has 0 spiro atoms. The highest BCUT2D eigenvalue weighted by Gasteiger charge is 2.29. The molecule has 2 amide bonds. The number of nitrogens with zero attached hydrogens (tertiary/aromatic N) is 4. The average Bonchev–Trinajstić information content (AvgIpc) is 3.15. The Morgan fingerprint density at radius 3 is 2.88 bits per heavy atom. The molecule has 25 heavy (non-hydrogen) atoms. The maximum Gasteiger partial charge on any atom is 0.321 e. The summed E-state index contributed by atoms with van der Waals surface area (Å²) in [5, 5.41) is 13.9. The van der Waals surface area contributed by atoms with Crippen LogP contribution >= 0.6 is 0 Å². The molecule has 2 aromatic heterocycles. The van der Waals surface area contributed by atoms with E-state index in [4.69, 9.17) is 9.26 Å². The van der Waals surface area contributed by atoms with Crippen molar-refractivity contribution in [3.05, 3.63) is 23.5 Å². The van der Waals surface area contributed by atoms with Crippen LogP contribution in [0.5, 0.6) is 0 Å². The molecule has 1 saturated heterocycles. The van der Waals surface area contributed by atoms with Crippen LogP contribution in [0.1, 0.15) is 50.0 Å². The minimum Gasteiger partial charge on any atom is -0.381 e. The van der Waals surface area contributed by atoms with Crippen molar-refractivity contribution in [3.8, 4) is 0 Å². The van der Waals surface area contributed by atoms with Crippen LogP contribution in [0.15, 0.2) is 10.6 Å². The Kier molecular flexibility index (Phi) is 4.76. The summed E-state index contributed by atoms with van der Waals surface area (Å²) in [6, 6.07) is 1.53. The number of aryl methyl sites for hydroxylation is 2. The Morgan fingerprint density at radius 2 is 2.24 bits per heavy atom. The lowest BCUT2D eigenvalue weighted by Gasteiger charge is -2.21. The van der Waals surface area contributed by atoms with Crippen LogP contribution in [0.4, 0.5) is 10.6 Å². The fourth-order valence-corrected chi connectivity index (χ4v) is 2.82. The van der Waals surface area contributed by atoms with E-state index in [1.54, 1.807) is 32.5 Å². The van der Waals surface area contributed by atoms with E-state index in [0.717, 1.165) is 25.1 Å². The van der Waals surface area contributed by atoms with Gasteiger partial charge >= 0.3 is 6.03 Å². The quantitative estimate of drug-likeness (QED) is 0.876. The highest BCUT2D eigenvalue weighted by molar-refractivity contribution is 5.88. The first-order valence-corrected chi connectivity index (χ1v) is 8.37. The summed E-state index contributed by atoms with van der Waals surface area (Å²) in [4.78, 5) is 16.5. The standard InChI is InChI=1S/C16H24N6O3/c1-10-17-14(25-21-10)16(2,3)19-15(23)18-13-8-12(20-22(13)4)11-6-5-7-24-9-11/h8,11H,5-7,9H2,1-4H3,(H2,18,19,23). The molecule has 1 unspecified atom stereocenters. The minimum absolute atomic E-state index is 0.274. The maximum absolute atomic E-state index is 12.4. The topological polar surface area (TPSA) is 107 Å². The number of amides is 2. The van der Waals surface area contributed by atoms with E-state index in [-0.39, 0.29) is 11.9 Å². The fraction of sp³-hybridized carbons (Fsp3) is 0.625. The number of ether oxygens (including phenoxy) is 1. The van der Waals surface area contributed by atoms with Crippen molar-refractivity contribution >= 4 is 11.8 Å². The smallest absolute Gasteiger partial charge is 0.321 e. The molecule has 1 fully saturated rings. The molecule has 2 N–H and O–H groups in total. The van der Waals surface area contributed by atoms with Crippen LogP contribution in [0.2, 0.25) is 0 Å². The summed E-state index contributed by atoms with van der Waals surface area (Å²) < 4.78 is 12.3. The highest BCUT2D eigenvalue weighted by Crippen LogP contribution is 2.26. The molecule has 0 aromatic carbocycles. The monoisotopic (exact) mass is 348 g/mol. The van der Waals surface area contributed by atoms with Gasteiger partial charge in [-0.25, -0.2) is 4.79 Å². The summed E-state index contributed by atoms with van der Waals surface area (Å²) in [6.07, 6.45) is 2.08. The molecule has 9 heteroatoms. The second-order valence-electron chi connectivity index (χ2n) is 6.84. The molecule has 3 heterocycles. The molecule has 1 aliphatic heterocycles. The molecule has 0 radical (unpaired) electrons. The summed E-state index contributed by atoms with van der Waals surface area (Å²) >= 11 is 0. The molecule has 1 atom stereocenters. The Bertz CT molecular complexity index is 745. The third kappa shape index (κ3) is 3.98. The largest absolute Gasteiger partial charge is 0.381 e. The van der Waals surface area contributed by atoms with Crippen LogP contribution in [-0.2, 0) is 17.3 Å². The molecule has 0 bridgehead atoms. The van der Waals surface area contributed by atoms with Gasteiger partial charge in [-0.15, -0.1) is 0 Å². The van der Waals surface area contributed by atoms with E-state index in [1.807, 2.05) is 6.07 Å². The van der Waals surface area contributed by atoms with Crippen molar-refractivity contribution in [3.63, 3.8) is 0 Å². The van der Waals surface area contributed by atoms with Gasteiger partial charge in [-0.05, 0) is 33.6 Å². The van der Waals surface area contributed by atoms with Crippen LogP contribution in [-0.4, -0.2) is 39.2 Å². The van der Waals surface area contributed by atoms with Gasteiger partial charge < -0.3 is 14.6 Å². The number of anilines is 1. The molecule has 2 aromatic rings. The zero-order valence-corrected chi connectivity index (χ0v) is 15.0. The van der Waals surface area contributed by atoms with Crippen molar-refractivity contribution in [2.45, 2.75) is 45.1 Å². The Balaban J connectivity index is 1.65. The van der Waals surface area contributed by atoms with Crippen molar-refractivity contribution in [2.75, 3.05) is 18.5 Å². The predicted octanol–water partition coefficient (Wildman–Crippen LogP) is 2.06. The van der Waals surface area contributed by atoms with E-state index in [2.05, 4.69) is 25.9 Å². The normalized spacial score (nSPS) is 18.2. The van der Waals surface area contributed by atoms with Gasteiger partial charge in [0.1, 0.15) is 11.4 Å². The van der Waals surface area contributed by atoms with E-state index in [0.29, 0.717) is 24.1 Å². The number of nitrogens with one attached hydrogen (secondary N) is 2. The lowest BCUT2D eigenvalue weighted by atomic mass is 9.99. The lowest BCUT2D eigenvalue weighted by molar-refractivity contribution is 0.0791. The molecular weight excluding hydrogens is 324 g/mol. The zero-order valence-electron chi connectivity index (χ0n) is 15.0. The van der Waals surface area contributed by atoms with Crippen LogP contribution in [0.3, 0.4) is 0 Å². The second kappa shape index (κ2) is 6.83. The van der Waals surface area contributed by atoms with Gasteiger partial charge in [0, 0.05) is 25.6 Å². The first kappa shape index (κ1) is 17.4. The van der Waals surface area contributed by atoms with Crippen molar-refractivity contribution < 1.29 is 14.1 Å². The molecule has 0 saturated carbocycles. The molecule has 3 rings (SSSR count). The van der Waals surface area contributed by atoms with Gasteiger partial charge in [0.05, 0.1) is 12.3 Å². The molecule has 136 valence electrons.